The van der Waals surface area contributed by atoms with Gasteiger partial charge in [-0.05, 0) is 36.9 Å². The molecule has 2 aliphatic heterocycles. The van der Waals surface area contributed by atoms with Gasteiger partial charge in [0.1, 0.15) is 5.82 Å². The average Bonchev–Trinajstić information content (AvgIpc) is 3.04. The van der Waals surface area contributed by atoms with Gasteiger partial charge >= 0.3 is 0 Å². The number of hydrogen-bond acceptors (Lipinski definition) is 3. The molecule has 1 fully saturated rings. The quantitative estimate of drug-likeness (QED) is 0.844. The van der Waals surface area contributed by atoms with Gasteiger partial charge in [-0.1, -0.05) is 24.3 Å². The van der Waals surface area contributed by atoms with Gasteiger partial charge in [0.2, 0.25) is 0 Å². The molecule has 0 radical (unpaired) electrons. The van der Waals surface area contributed by atoms with Crippen LogP contribution in [0.25, 0.3) is 0 Å². The highest BCUT2D eigenvalue weighted by molar-refractivity contribution is 5.30. The van der Waals surface area contributed by atoms with Crippen LogP contribution in [0, 0.1) is 0 Å². The highest BCUT2D eigenvalue weighted by Gasteiger charge is 2.25. The molecule has 0 aliphatic carbocycles. The SMILES string of the molecule is c1ccc2c(c1)CCc1nnc([C@@H]3CCCN3)n1C2. The van der Waals surface area contributed by atoms with E-state index in [1.165, 1.54) is 24.0 Å². The molecule has 1 atom stereocenters. The maximum atomic E-state index is 4.44. The van der Waals surface area contributed by atoms with Crippen molar-refractivity contribution in [1.29, 1.82) is 0 Å². The summed E-state index contributed by atoms with van der Waals surface area (Å²) in [4.78, 5) is 0. The van der Waals surface area contributed by atoms with Crippen LogP contribution in [0.2, 0.25) is 0 Å². The van der Waals surface area contributed by atoms with Crippen LogP contribution < -0.4 is 5.32 Å². The number of nitrogens with zero attached hydrogens (tertiary/aromatic N) is 3. The Balaban J connectivity index is 1.75. The summed E-state index contributed by atoms with van der Waals surface area (Å²) in [5.41, 5.74) is 2.87. The monoisotopic (exact) mass is 254 g/mol. The van der Waals surface area contributed by atoms with E-state index in [-0.39, 0.29) is 0 Å². The van der Waals surface area contributed by atoms with Crippen LogP contribution in [0.1, 0.15) is 41.7 Å². The van der Waals surface area contributed by atoms with Crippen LogP contribution in [0.15, 0.2) is 24.3 Å². The van der Waals surface area contributed by atoms with Crippen molar-refractivity contribution >= 4 is 0 Å². The van der Waals surface area contributed by atoms with E-state index in [0.29, 0.717) is 6.04 Å². The molecule has 3 heterocycles. The highest BCUT2D eigenvalue weighted by atomic mass is 15.3. The highest BCUT2D eigenvalue weighted by Crippen LogP contribution is 2.26. The number of aromatic nitrogens is 3. The predicted molar refractivity (Wildman–Crippen MR) is 73.0 cm³/mol. The van der Waals surface area contributed by atoms with Crippen molar-refractivity contribution < 1.29 is 0 Å². The maximum Gasteiger partial charge on any atom is 0.150 e. The molecule has 1 aromatic carbocycles. The van der Waals surface area contributed by atoms with Crippen LogP contribution in [0.5, 0.6) is 0 Å². The number of aryl methyl sites for hydroxylation is 2. The summed E-state index contributed by atoms with van der Waals surface area (Å²) in [6.07, 6.45) is 4.49. The Morgan fingerprint density at radius 3 is 2.84 bits per heavy atom. The third-order valence-corrected chi connectivity index (χ3v) is 4.29. The van der Waals surface area contributed by atoms with Crippen molar-refractivity contribution in [3.63, 3.8) is 0 Å². The lowest BCUT2D eigenvalue weighted by Crippen LogP contribution is -2.19. The van der Waals surface area contributed by atoms with Gasteiger partial charge in [0, 0.05) is 6.42 Å². The van der Waals surface area contributed by atoms with Gasteiger partial charge in [-0.15, -0.1) is 10.2 Å². The minimum absolute atomic E-state index is 0.395. The minimum Gasteiger partial charge on any atom is -0.309 e. The van der Waals surface area contributed by atoms with E-state index in [9.17, 15) is 0 Å². The summed E-state index contributed by atoms with van der Waals surface area (Å²) in [5.74, 6) is 2.27. The zero-order valence-electron chi connectivity index (χ0n) is 11.0. The molecule has 4 nitrogen and oxygen atoms in total. The second-order valence-corrected chi connectivity index (χ2v) is 5.48. The standard InChI is InChI=1S/C15H18N4/c1-2-5-12-10-19-14(8-7-11(12)4-1)17-18-15(19)13-6-3-9-16-13/h1-2,4-5,13,16H,3,6-10H2/t13-/m0/s1. The summed E-state index contributed by atoms with van der Waals surface area (Å²) < 4.78 is 2.33. The van der Waals surface area contributed by atoms with Crippen LogP contribution in [0.4, 0.5) is 0 Å². The topological polar surface area (TPSA) is 42.7 Å². The number of benzene rings is 1. The predicted octanol–water partition coefficient (Wildman–Crippen LogP) is 1.85. The van der Waals surface area contributed by atoms with Gasteiger partial charge in [-0.3, -0.25) is 0 Å². The Morgan fingerprint density at radius 2 is 2.00 bits per heavy atom. The molecular weight excluding hydrogens is 236 g/mol. The molecule has 0 unspecified atom stereocenters. The Bertz CT molecular complexity index is 596. The van der Waals surface area contributed by atoms with Crippen molar-refractivity contribution in [3.05, 3.63) is 47.0 Å². The number of fused-ring (bicyclic) bond motifs is 2. The third kappa shape index (κ3) is 1.87. The van der Waals surface area contributed by atoms with Gasteiger partial charge in [0.25, 0.3) is 0 Å². The molecular formula is C15H18N4. The number of rotatable bonds is 1. The van der Waals surface area contributed by atoms with Gasteiger partial charge in [-0.25, -0.2) is 0 Å². The first-order valence-corrected chi connectivity index (χ1v) is 7.14. The Morgan fingerprint density at radius 1 is 1.11 bits per heavy atom. The Labute approximate surface area is 112 Å². The van der Waals surface area contributed by atoms with Crippen molar-refractivity contribution in [1.82, 2.24) is 20.1 Å². The smallest absolute Gasteiger partial charge is 0.150 e. The normalized spacial score (nSPS) is 21.8. The van der Waals surface area contributed by atoms with E-state index in [2.05, 4.69) is 44.3 Å². The van der Waals surface area contributed by atoms with Crippen molar-refractivity contribution in [2.45, 2.75) is 38.3 Å². The van der Waals surface area contributed by atoms with Crippen LogP contribution in [-0.4, -0.2) is 21.3 Å². The first kappa shape index (κ1) is 11.2. The van der Waals surface area contributed by atoms with Gasteiger partial charge < -0.3 is 9.88 Å². The minimum atomic E-state index is 0.395. The van der Waals surface area contributed by atoms with E-state index >= 15 is 0 Å². The lowest BCUT2D eigenvalue weighted by atomic mass is 10.0. The molecule has 2 aromatic rings. The molecule has 98 valence electrons. The largest absolute Gasteiger partial charge is 0.309 e. The van der Waals surface area contributed by atoms with Crippen LogP contribution in [-0.2, 0) is 19.4 Å². The molecule has 0 spiro atoms. The van der Waals surface area contributed by atoms with Gasteiger partial charge in [0.05, 0.1) is 12.6 Å². The van der Waals surface area contributed by atoms with Gasteiger partial charge in [-0.2, -0.15) is 0 Å². The van der Waals surface area contributed by atoms with Crippen LogP contribution >= 0.6 is 0 Å². The fourth-order valence-electron chi connectivity index (χ4n) is 3.24. The van der Waals surface area contributed by atoms with E-state index in [1.54, 1.807) is 0 Å². The van der Waals surface area contributed by atoms with E-state index in [4.69, 9.17) is 0 Å². The fourth-order valence-corrected chi connectivity index (χ4v) is 3.24. The van der Waals surface area contributed by atoms with E-state index in [0.717, 1.165) is 37.6 Å². The molecule has 0 amide bonds. The van der Waals surface area contributed by atoms with E-state index in [1.807, 2.05) is 0 Å². The summed E-state index contributed by atoms with van der Waals surface area (Å²) in [6.45, 7) is 2.02. The Hall–Kier alpha value is -1.68. The average molecular weight is 254 g/mol. The number of nitrogens with one attached hydrogen (secondary N) is 1. The molecule has 1 N–H and O–H groups in total. The van der Waals surface area contributed by atoms with Crippen molar-refractivity contribution in [2.24, 2.45) is 0 Å². The molecule has 4 heteroatoms. The molecule has 0 saturated carbocycles. The molecule has 19 heavy (non-hydrogen) atoms. The molecule has 4 rings (SSSR count). The summed E-state index contributed by atoms with van der Waals surface area (Å²) >= 11 is 0. The van der Waals surface area contributed by atoms with Crippen molar-refractivity contribution in [2.75, 3.05) is 6.54 Å². The third-order valence-electron chi connectivity index (χ3n) is 4.29. The Kier molecular flexibility index (Phi) is 2.62. The molecule has 2 aliphatic rings. The molecule has 0 bridgehead atoms. The lowest BCUT2D eigenvalue weighted by Gasteiger charge is -2.13. The second-order valence-electron chi connectivity index (χ2n) is 5.48. The zero-order chi connectivity index (χ0) is 12.7. The summed E-state index contributed by atoms with van der Waals surface area (Å²) in [7, 11) is 0. The van der Waals surface area contributed by atoms with Crippen LogP contribution in [0.3, 0.4) is 0 Å². The maximum absolute atomic E-state index is 4.44. The first-order chi connectivity index (χ1) is 9.42. The van der Waals surface area contributed by atoms with Gasteiger partial charge in [0.15, 0.2) is 5.82 Å². The number of hydrogen-bond donors (Lipinski definition) is 1. The zero-order valence-corrected chi connectivity index (χ0v) is 11.0. The molecule has 1 aromatic heterocycles. The van der Waals surface area contributed by atoms with Crippen molar-refractivity contribution in [3.8, 4) is 0 Å². The summed E-state index contributed by atoms with van der Waals surface area (Å²) in [6, 6.07) is 9.12. The van der Waals surface area contributed by atoms with E-state index < -0.39 is 0 Å². The second kappa shape index (κ2) is 4.46. The first-order valence-electron chi connectivity index (χ1n) is 7.14. The summed E-state index contributed by atoms with van der Waals surface area (Å²) in [5, 5.41) is 12.4. The molecule has 1 saturated heterocycles. The lowest BCUT2D eigenvalue weighted by molar-refractivity contribution is 0.559. The fraction of sp³-hybridized carbons (Fsp3) is 0.467.